The second-order valence-corrected chi connectivity index (χ2v) is 7.10. The molecule has 0 unspecified atom stereocenters. The second-order valence-electron chi connectivity index (χ2n) is 6.21. The molecule has 0 aliphatic carbocycles. The van der Waals surface area contributed by atoms with Gasteiger partial charge in [0.25, 0.3) is 0 Å². The summed E-state index contributed by atoms with van der Waals surface area (Å²) in [7, 11) is 4.53. The Morgan fingerprint density at radius 3 is 2.37 bits per heavy atom. The van der Waals surface area contributed by atoms with E-state index in [2.05, 4.69) is 9.97 Å². The van der Waals surface area contributed by atoms with Gasteiger partial charge in [0.1, 0.15) is 5.01 Å². The number of carbonyl (C=O) groups excluding carboxylic acids is 1. The molecule has 0 fully saturated rings. The molecule has 0 radical (unpaired) electrons. The van der Waals surface area contributed by atoms with Crippen LogP contribution in [-0.2, 0) is 0 Å². The molecule has 0 spiro atoms. The zero-order valence-electron chi connectivity index (χ0n) is 16.5. The number of rotatable bonds is 7. The first-order valence-electron chi connectivity index (χ1n) is 8.93. The largest absolute Gasteiger partial charge is 0.493 e. The van der Waals surface area contributed by atoms with Crippen molar-refractivity contribution >= 4 is 17.1 Å². The summed E-state index contributed by atoms with van der Waals surface area (Å²) >= 11 is 1.50. The van der Waals surface area contributed by atoms with Gasteiger partial charge in [-0.25, -0.2) is 9.97 Å². The van der Waals surface area contributed by atoms with Gasteiger partial charge in [-0.15, -0.1) is 11.3 Å². The van der Waals surface area contributed by atoms with Crippen LogP contribution >= 0.6 is 11.3 Å². The predicted molar refractivity (Wildman–Crippen MR) is 113 cm³/mol. The molecular weight excluding hydrogens is 404 g/mol. The fourth-order valence-corrected chi connectivity index (χ4v) is 3.80. The van der Waals surface area contributed by atoms with Crippen molar-refractivity contribution in [3.8, 4) is 39.1 Å². The number of hydrogen-bond donors (Lipinski definition) is 0. The maximum atomic E-state index is 13.6. The minimum absolute atomic E-state index is 0.223. The van der Waals surface area contributed by atoms with E-state index in [0.29, 0.717) is 39.7 Å². The van der Waals surface area contributed by atoms with E-state index in [-0.39, 0.29) is 5.78 Å². The Bertz CT molecular complexity index is 1150. The molecule has 0 saturated heterocycles. The lowest BCUT2D eigenvalue weighted by molar-refractivity contribution is 0.103. The zero-order valence-corrected chi connectivity index (χ0v) is 17.4. The number of ether oxygens (including phenoxy) is 3. The molecule has 8 heteroatoms. The summed E-state index contributed by atoms with van der Waals surface area (Å²) in [6.07, 6.45) is 4.63. The third-order valence-electron chi connectivity index (χ3n) is 4.57. The lowest BCUT2D eigenvalue weighted by Gasteiger charge is -2.14. The lowest BCUT2D eigenvalue weighted by Crippen LogP contribution is -2.06. The fourth-order valence-electron chi connectivity index (χ4n) is 3.16. The number of methoxy groups -OCH3 is 3. The van der Waals surface area contributed by atoms with Crippen molar-refractivity contribution in [3.63, 3.8) is 0 Å². The van der Waals surface area contributed by atoms with Crippen LogP contribution < -0.4 is 14.2 Å². The van der Waals surface area contributed by atoms with Gasteiger partial charge in [-0.2, -0.15) is 0 Å². The fraction of sp³-hybridized carbons (Fsp3) is 0.136. The maximum Gasteiger partial charge on any atom is 0.203 e. The van der Waals surface area contributed by atoms with E-state index in [9.17, 15) is 4.79 Å². The van der Waals surface area contributed by atoms with E-state index >= 15 is 0 Å². The molecule has 0 N–H and O–H groups in total. The van der Waals surface area contributed by atoms with Crippen LogP contribution in [0.4, 0.5) is 0 Å². The second kappa shape index (κ2) is 8.38. The van der Waals surface area contributed by atoms with Crippen molar-refractivity contribution in [1.82, 2.24) is 9.97 Å². The van der Waals surface area contributed by atoms with E-state index in [1.165, 1.54) is 39.1 Å². The van der Waals surface area contributed by atoms with Crippen molar-refractivity contribution in [2.24, 2.45) is 0 Å². The Labute approximate surface area is 176 Å². The topological polar surface area (TPSA) is 83.7 Å². The number of nitrogens with zero attached hydrogens (tertiary/aromatic N) is 2. The summed E-state index contributed by atoms with van der Waals surface area (Å²) in [6.45, 7) is 0. The molecule has 7 nitrogen and oxygen atoms in total. The third kappa shape index (κ3) is 3.53. The van der Waals surface area contributed by atoms with Crippen LogP contribution in [0.3, 0.4) is 0 Å². The summed E-state index contributed by atoms with van der Waals surface area (Å²) < 4.78 is 21.6. The van der Waals surface area contributed by atoms with Crippen LogP contribution in [0, 0.1) is 0 Å². The summed E-state index contributed by atoms with van der Waals surface area (Å²) in [5.74, 6) is 1.49. The molecule has 0 saturated carbocycles. The number of hydrogen-bond acceptors (Lipinski definition) is 8. The molecule has 2 aromatic carbocycles. The highest BCUT2D eigenvalue weighted by Gasteiger charge is 2.22. The Morgan fingerprint density at radius 2 is 1.80 bits per heavy atom. The average molecular weight is 422 g/mol. The van der Waals surface area contributed by atoms with Crippen molar-refractivity contribution in [2.45, 2.75) is 0 Å². The van der Waals surface area contributed by atoms with Crippen LogP contribution in [0.15, 0.2) is 58.9 Å². The van der Waals surface area contributed by atoms with Gasteiger partial charge in [0, 0.05) is 33.8 Å². The summed E-state index contributed by atoms with van der Waals surface area (Å²) in [5.41, 5.74) is 2.31. The number of benzene rings is 2. The van der Waals surface area contributed by atoms with Gasteiger partial charge >= 0.3 is 0 Å². The van der Waals surface area contributed by atoms with Crippen LogP contribution in [0.5, 0.6) is 17.2 Å². The van der Waals surface area contributed by atoms with Gasteiger partial charge in [-0.05, 0) is 24.3 Å². The van der Waals surface area contributed by atoms with Gasteiger partial charge < -0.3 is 18.6 Å². The minimum atomic E-state index is -0.223. The van der Waals surface area contributed by atoms with Crippen molar-refractivity contribution in [3.05, 3.63) is 65.6 Å². The first-order valence-corrected chi connectivity index (χ1v) is 9.81. The quantitative estimate of drug-likeness (QED) is 0.398. The first-order chi connectivity index (χ1) is 14.7. The van der Waals surface area contributed by atoms with Gasteiger partial charge in [0.05, 0.1) is 27.5 Å². The van der Waals surface area contributed by atoms with E-state index in [1.807, 2.05) is 23.6 Å². The van der Waals surface area contributed by atoms with Crippen molar-refractivity contribution < 1.29 is 23.4 Å². The van der Waals surface area contributed by atoms with Crippen LogP contribution in [-0.4, -0.2) is 37.1 Å². The molecule has 0 aliphatic heterocycles. The van der Waals surface area contributed by atoms with Gasteiger partial charge in [-0.3, -0.25) is 4.79 Å². The molecule has 0 bridgehead atoms. The third-order valence-corrected chi connectivity index (χ3v) is 5.39. The monoisotopic (exact) mass is 422 g/mol. The molecule has 0 aliphatic rings. The minimum Gasteiger partial charge on any atom is -0.493 e. The van der Waals surface area contributed by atoms with Gasteiger partial charge in [-0.1, -0.05) is 6.07 Å². The zero-order chi connectivity index (χ0) is 21.1. The summed E-state index contributed by atoms with van der Waals surface area (Å²) in [6, 6.07) is 8.81. The van der Waals surface area contributed by atoms with Gasteiger partial charge in [0.2, 0.25) is 5.75 Å². The molecule has 2 aromatic heterocycles. The highest BCUT2D eigenvalue weighted by atomic mass is 32.1. The predicted octanol–water partition coefficient (Wildman–Crippen LogP) is 4.72. The Balaban J connectivity index is 1.88. The molecule has 30 heavy (non-hydrogen) atoms. The summed E-state index contributed by atoms with van der Waals surface area (Å²) in [5, 5.41) is 2.71. The Kier molecular flexibility index (Phi) is 5.49. The molecule has 2 heterocycles. The van der Waals surface area contributed by atoms with Crippen LogP contribution in [0.2, 0.25) is 0 Å². The molecule has 0 atom stereocenters. The molecule has 4 rings (SSSR count). The SMILES string of the molecule is COc1cc(C(=O)c2cc(-c3nccs3)ccc2-c2cnco2)cc(OC)c1OC. The molecule has 4 aromatic rings. The Hall–Kier alpha value is -3.65. The Morgan fingerprint density at radius 1 is 1.03 bits per heavy atom. The standard InChI is InChI=1S/C22H18N2O5S/c1-26-17-9-14(10-18(27-2)21(17)28-3)20(25)16-8-13(22-24-6-7-30-22)4-5-15(16)19-11-23-12-29-19/h4-12H,1-3H3. The molecule has 152 valence electrons. The van der Waals surface area contributed by atoms with Crippen molar-refractivity contribution in [2.75, 3.05) is 21.3 Å². The normalized spacial score (nSPS) is 10.6. The molecular formula is C22H18N2O5S. The highest BCUT2D eigenvalue weighted by Crippen LogP contribution is 2.39. The highest BCUT2D eigenvalue weighted by molar-refractivity contribution is 7.13. The number of oxazole rings is 1. The first kappa shape index (κ1) is 19.7. The van der Waals surface area contributed by atoms with E-state index in [4.69, 9.17) is 18.6 Å². The maximum absolute atomic E-state index is 13.6. The summed E-state index contributed by atoms with van der Waals surface area (Å²) in [4.78, 5) is 21.9. The van der Waals surface area contributed by atoms with E-state index in [0.717, 1.165) is 10.6 Å². The number of aromatic nitrogens is 2. The van der Waals surface area contributed by atoms with Crippen molar-refractivity contribution in [1.29, 1.82) is 0 Å². The number of carbonyl (C=O) groups is 1. The smallest absolute Gasteiger partial charge is 0.203 e. The van der Waals surface area contributed by atoms with Crippen LogP contribution in [0.25, 0.3) is 21.9 Å². The lowest BCUT2D eigenvalue weighted by atomic mass is 9.94. The van der Waals surface area contributed by atoms with Crippen LogP contribution in [0.1, 0.15) is 15.9 Å². The van der Waals surface area contributed by atoms with E-state index in [1.54, 1.807) is 24.5 Å². The molecule has 0 amide bonds. The average Bonchev–Trinajstić information content (AvgIpc) is 3.51. The number of ketones is 1. The number of thiazole rings is 1. The van der Waals surface area contributed by atoms with Gasteiger partial charge in [0.15, 0.2) is 29.4 Å². The van der Waals surface area contributed by atoms with E-state index < -0.39 is 0 Å².